The van der Waals surface area contributed by atoms with Crippen LogP contribution in [0.3, 0.4) is 0 Å². The fourth-order valence-corrected chi connectivity index (χ4v) is 1.93. The Morgan fingerprint density at radius 2 is 1.94 bits per heavy atom. The van der Waals surface area contributed by atoms with Gasteiger partial charge in [0.1, 0.15) is 23.7 Å². The Morgan fingerprint density at radius 1 is 1.24 bits per heavy atom. The van der Waals surface area contributed by atoms with Crippen molar-refractivity contribution in [3.05, 3.63) is 29.5 Å². The second-order valence-corrected chi connectivity index (χ2v) is 5.21. The number of hydrogen-bond donors (Lipinski definition) is 1. The van der Waals surface area contributed by atoms with Gasteiger partial charge >= 0.3 is 0 Å². The molecule has 0 amide bonds. The van der Waals surface area contributed by atoms with Crippen molar-refractivity contribution in [2.75, 3.05) is 7.11 Å². The Morgan fingerprint density at radius 3 is 2.47 bits per heavy atom. The highest BCUT2D eigenvalue weighted by Gasteiger charge is 2.21. The zero-order valence-electron chi connectivity index (χ0n) is 10.7. The van der Waals surface area contributed by atoms with E-state index in [4.69, 9.17) is 14.3 Å². The first-order valence-electron chi connectivity index (χ1n) is 5.67. The van der Waals surface area contributed by atoms with E-state index in [0.717, 1.165) is 22.3 Å². The van der Waals surface area contributed by atoms with Crippen LogP contribution in [0.15, 0.2) is 22.6 Å². The maximum atomic E-state index is 9.13. The molecular weight excluding hydrogens is 216 g/mol. The van der Waals surface area contributed by atoms with Gasteiger partial charge in [0.05, 0.1) is 7.11 Å². The van der Waals surface area contributed by atoms with E-state index in [-0.39, 0.29) is 12.0 Å². The molecule has 1 heterocycles. The molecular formula is C14H18O3. The molecule has 92 valence electrons. The number of rotatable bonds is 2. The molecule has 17 heavy (non-hydrogen) atoms. The summed E-state index contributed by atoms with van der Waals surface area (Å²) < 4.78 is 11.0. The van der Waals surface area contributed by atoms with E-state index >= 15 is 0 Å². The summed E-state index contributed by atoms with van der Waals surface area (Å²) in [4.78, 5) is 0. The Labute approximate surface area is 101 Å². The number of aliphatic hydroxyl groups excluding tert-OH is 1. The lowest BCUT2D eigenvalue weighted by Crippen LogP contribution is -2.11. The van der Waals surface area contributed by atoms with Gasteiger partial charge in [-0.15, -0.1) is 0 Å². The molecule has 3 heteroatoms. The van der Waals surface area contributed by atoms with Gasteiger partial charge in [0.25, 0.3) is 0 Å². The van der Waals surface area contributed by atoms with Crippen LogP contribution in [-0.4, -0.2) is 12.2 Å². The van der Waals surface area contributed by atoms with Crippen molar-refractivity contribution in [2.45, 2.75) is 32.8 Å². The normalized spacial score (nSPS) is 12.1. The summed E-state index contributed by atoms with van der Waals surface area (Å²) in [6.45, 7) is 6.30. The summed E-state index contributed by atoms with van der Waals surface area (Å²) in [6.07, 6.45) is 0. The fourth-order valence-electron chi connectivity index (χ4n) is 1.93. The number of ether oxygens (including phenoxy) is 1. The molecule has 1 aromatic heterocycles. The molecule has 0 spiro atoms. The summed E-state index contributed by atoms with van der Waals surface area (Å²) in [5.74, 6) is 1.39. The van der Waals surface area contributed by atoms with Crippen LogP contribution in [0.25, 0.3) is 11.0 Å². The highest BCUT2D eigenvalue weighted by atomic mass is 16.5. The van der Waals surface area contributed by atoms with Crippen molar-refractivity contribution in [2.24, 2.45) is 0 Å². The van der Waals surface area contributed by atoms with Gasteiger partial charge in [-0.1, -0.05) is 20.8 Å². The first-order valence-corrected chi connectivity index (χ1v) is 5.67. The molecule has 1 N–H and O–H groups in total. The van der Waals surface area contributed by atoms with E-state index in [1.807, 2.05) is 18.2 Å². The zero-order chi connectivity index (χ0) is 12.6. The van der Waals surface area contributed by atoms with Gasteiger partial charge in [0.15, 0.2) is 0 Å². The minimum absolute atomic E-state index is 0.0304. The SMILES string of the molecule is COc1cc(C(C)(C)C)c2oc(CO)cc2c1. The molecule has 2 rings (SSSR count). The molecule has 1 aromatic carbocycles. The van der Waals surface area contributed by atoms with Crippen molar-refractivity contribution in [1.82, 2.24) is 0 Å². The zero-order valence-corrected chi connectivity index (χ0v) is 10.7. The van der Waals surface area contributed by atoms with Crippen LogP contribution in [0, 0.1) is 0 Å². The monoisotopic (exact) mass is 234 g/mol. The molecule has 0 saturated carbocycles. The Bertz CT molecular complexity index is 532. The van der Waals surface area contributed by atoms with Crippen molar-refractivity contribution in [3.63, 3.8) is 0 Å². The summed E-state index contributed by atoms with van der Waals surface area (Å²) in [5.41, 5.74) is 1.89. The summed E-state index contributed by atoms with van der Waals surface area (Å²) >= 11 is 0. The van der Waals surface area contributed by atoms with Crippen LogP contribution in [0.4, 0.5) is 0 Å². The minimum atomic E-state index is -0.0828. The molecule has 0 fully saturated rings. The van der Waals surface area contributed by atoms with Gasteiger partial charge < -0.3 is 14.3 Å². The Balaban J connectivity index is 2.74. The predicted octanol–water partition coefficient (Wildman–Crippen LogP) is 3.23. The maximum Gasteiger partial charge on any atom is 0.138 e. The summed E-state index contributed by atoms with van der Waals surface area (Å²) in [5, 5.41) is 10.1. The second-order valence-electron chi connectivity index (χ2n) is 5.21. The fraction of sp³-hybridized carbons (Fsp3) is 0.429. The van der Waals surface area contributed by atoms with Crippen molar-refractivity contribution < 1.29 is 14.3 Å². The lowest BCUT2D eigenvalue weighted by Gasteiger charge is -2.20. The predicted molar refractivity (Wildman–Crippen MR) is 67.4 cm³/mol. The first-order chi connectivity index (χ1) is 7.95. The van der Waals surface area contributed by atoms with Gasteiger partial charge in [-0.3, -0.25) is 0 Å². The highest BCUT2D eigenvalue weighted by molar-refractivity contribution is 5.84. The molecule has 0 atom stereocenters. The Hall–Kier alpha value is -1.48. The molecule has 2 aromatic rings. The molecule has 0 aliphatic rings. The molecule has 0 saturated heterocycles. The number of fused-ring (bicyclic) bond motifs is 1. The van der Waals surface area contributed by atoms with E-state index in [0.29, 0.717) is 5.76 Å². The van der Waals surface area contributed by atoms with Crippen LogP contribution in [0.1, 0.15) is 32.1 Å². The van der Waals surface area contributed by atoms with Crippen LogP contribution in [0.5, 0.6) is 5.75 Å². The molecule has 0 aliphatic heterocycles. The van der Waals surface area contributed by atoms with Gasteiger partial charge in [-0.25, -0.2) is 0 Å². The van der Waals surface area contributed by atoms with Crippen LogP contribution >= 0.6 is 0 Å². The maximum absolute atomic E-state index is 9.13. The van der Waals surface area contributed by atoms with Crippen LogP contribution in [0.2, 0.25) is 0 Å². The lowest BCUT2D eigenvalue weighted by atomic mass is 9.86. The highest BCUT2D eigenvalue weighted by Crippen LogP contribution is 2.35. The number of hydrogen-bond acceptors (Lipinski definition) is 3. The standard InChI is InChI=1S/C14H18O3/c1-14(2,3)12-7-10(16-4)5-9-6-11(8-15)17-13(9)12/h5-7,15H,8H2,1-4H3. The van der Waals surface area contributed by atoms with Crippen molar-refractivity contribution >= 4 is 11.0 Å². The van der Waals surface area contributed by atoms with Gasteiger partial charge in [-0.2, -0.15) is 0 Å². The molecule has 0 aliphatic carbocycles. The second kappa shape index (κ2) is 4.08. The largest absolute Gasteiger partial charge is 0.497 e. The van der Waals surface area contributed by atoms with E-state index in [2.05, 4.69) is 20.8 Å². The molecule has 0 unspecified atom stereocenters. The van der Waals surface area contributed by atoms with Crippen LogP contribution in [-0.2, 0) is 12.0 Å². The van der Waals surface area contributed by atoms with E-state index in [1.165, 1.54) is 0 Å². The summed E-state index contributed by atoms with van der Waals surface area (Å²) in [6, 6.07) is 5.77. The van der Waals surface area contributed by atoms with Crippen molar-refractivity contribution in [3.8, 4) is 5.75 Å². The topological polar surface area (TPSA) is 42.6 Å². The third kappa shape index (κ3) is 2.15. The van der Waals surface area contributed by atoms with Crippen LogP contribution < -0.4 is 4.74 Å². The van der Waals surface area contributed by atoms with E-state index < -0.39 is 0 Å². The Kier molecular flexibility index (Phi) is 2.87. The number of benzene rings is 1. The summed E-state index contributed by atoms with van der Waals surface area (Å²) in [7, 11) is 1.65. The quantitative estimate of drug-likeness (QED) is 0.867. The number of aliphatic hydroxyl groups is 1. The number of methoxy groups -OCH3 is 1. The smallest absolute Gasteiger partial charge is 0.138 e. The minimum Gasteiger partial charge on any atom is -0.497 e. The van der Waals surface area contributed by atoms with Gasteiger partial charge in [-0.05, 0) is 23.6 Å². The lowest BCUT2D eigenvalue weighted by molar-refractivity contribution is 0.250. The van der Waals surface area contributed by atoms with E-state index in [9.17, 15) is 0 Å². The van der Waals surface area contributed by atoms with Crippen molar-refractivity contribution in [1.29, 1.82) is 0 Å². The molecule has 3 nitrogen and oxygen atoms in total. The third-order valence-electron chi connectivity index (χ3n) is 2.84. The average molecular weight is 234 g/mol. The molecule has 0 bridgehead atoms. The van der Waals surface area contributed by atoms with Gasteiger partial charge in [0, 0.05) is 10.9 Å². The first kappa shape index (κ1) is 12.0. The average Bonchev–Trinajstić information content (AvgIpc) is 2.68. The molecule has 0 radical (unpaired) electrons. The van der Waals surface area contributed by atoms with Gasteiger partial charge in [0.2, 0.25) is 0 Å². The third-order valence-corrected chi connectivity index (χ3v) is 2.84. The number of furan rings is 1. The van der Waals surface area contributed by atoms with E-state index in [1.54, 1.807) is 7.11 Å².